The van der Waals surface area contributed by atoms with Crippen molar-refractivity contribution in [2.75, 3.05) is 19.3 Å². The van der Waals surface area contributed by atoms with Crippen molar-refractivity contribution in [2.24, 2.45) is 0 Å². The zero-order chi connectivity index (χ0) is 15.6. The Morgan fingerprint density at radius 3 is 2.55 bits per heavy atom. The first-order valence-electron chi connectivity index (χ1n) is 5.33. The number of halogens is 4. The van der Waals surface area contributed by atoms with Gasteiger partial charge in [0.05, 0.1) is 0 Å². The summed E-state index contributed by atoms with van der Waals surface area (Å²) in [5, 5.41) is 0.275. The number of anilines is 1. The van der Waals surface area contributed by atoms with Gasteiger partial charge < -0.3 is 5.73 Å². The Morgan fingerprint density at radius 1 is 1.40 bits per heavy atom. The van der Waals surface area contributed by atoms with Crippen molar-refractivity contribution in [1.29, 1.82) is 0 Å². The van der Waals surface area contributed by atoms with E-state index in [1.165, 1.54) is 22.9 Å². The normalized spacial score (nSPS) is 12.9. The molecular formula is C10H13ClF3N3O2S. The van der Waals surface area contributed by atoms with Crippen molar-refractivity contribution in [3.63, 3.8) is 0 Å². The van der Waals surface area contributed by atoms with Crippen LogP contribution in [0.4, 0.5) is 18.9 Å². The second-order valence-corrected chi connectivity index (χ2v) is 6.32. The van der Waals surface area contributed by atoms with Crippen LogP contribution in [0.1, 0.15) is 5.56 Å². The Labute approximate surface area is 119 Å². The number of rotatable bonds is 5. The van der Waals surface area contributed by atoms with Crippen molar-refractivity contribution in [3.05, 3.63) is 28.8 Å². The first-order valence-corrected chi connectivity index (χ1v) is 7.14. The van der Waals surface area contributed by atoms with E-state index in [2.05, 4.69) is 0 Å². The topological polar surface area (TPSA) is 75.4 Å². The Morgan fingerprint density at radius 2 is 2.00 bits per heavy atom. The Kier molecular flexibility index (Phi) is 5.25. The fourth-order valence-corrected chi connectivity index (χ4v) is 2.38. The molecule has 1 rings (SSSR count). The molecule has 0 amide bonds. The summed E-state index contributed by atoms with van der Waals surface area (Å²) in [7, 11) is -3.12. The maximum Gasteiger partial charge on any atom is 0.402 e. The van der Waals surface area contributed by atoms with Crippen LogP contribution in [0.15, 0.2) is 18.2 Å². The summed E-state index contributed by atoms with van der Waals surface area (Å²) in [4.78, 5) is 0. The molecule has 114 valence electrons. The standard InChI is InChI=1S/C10H13ClF3N3O2S/c1-17(20(18,19)16-6-10(12,13)14)5-7-4-8(15)2-3-9(7)11/h2-4,16H,5-6,15H2,1H3. The van der Waals surface area contributed by atoms with Crippen molar-refractivity contribution >= 4 is 27.5 Å². The smallest absolute Gasteiger partial charge is 0.399 e. The van der Waals surface area contributed by atoms with Crippen LogP contribution in [0.2, 0.25) is 5.02 Å². The van der Waals surface area contributed by atoms with Gasteiger partial charge in [-0.1, -0.05) is 11.6 Å². The number of nitrogens with one attached hydrogen (secondary N) is 1. The highest BCUT2D eigenvalue weighted by Gasteiger charge is 2.31. The minimum Gasteiger partial charge on any atom is -0.399 e. The number of nitrogens with two attached hydrogens (primary N) is 1. The lowest BCUT2D eigenvalue weighted by Crippen LogP contribution is -2.42. The number of benzene rings is 1. The first kappa shape index (κ1) is 17.0. The van der Waals surface area contributed by atoms with Gasteiger partial charge in [-0.25, -0.2) is 0 Å². The fraction of sp³-hybridized carbons (Fsp3) is 0.400. The molecule has 0 radical (unpaired) electrons. The lowest BCUT2D eigenvalue weighted by atomic mass is 10.2. The minimum absolute atomic E-state index is 0.197. The highest BCUT2D eigenvalue weighted by molar-refractivity contribution is 7.87. The lowest BCUT2D eigenvalue weighted by Gasteiger charge is -2.19. The van der Waals surface area contributed by atoms with Gasteiger partial charge in [0.2, 0.25) is 0 Å². The third kappa shape index (κ3) is 5.16. The van der Waals surface area contributed by atoms with Crippen LogP contribution >= 0.6 is 11.6 Å². The van der Waals surface area contributed by atoms with Crippen molar-refractivity contribution in [2.45, 2.75) is 12.7 Å². The summed E-state index contributed by atoms with van der Waals surface area (Å²) in [5.41, 5.74) is 6.31. The minimum atomic E-state index is -4.62. The molecule has 0 spiro atoms. The molecule has 0 fully saturated rings. The second-order valence-electron chi connectivity index (χ2n) is 4.05. The maximum atomic E-state index is 12.0. The molecule has 0 saturated carbocycles. The molecule has 5 nitrogen and oxygen atoms in total. The summed E-state index contributed by atoms with van der Waals surface area (Å²) in [5.74, 6) is 0. The molecule has 0 aliphatic rings. The van der Waals surface area contributed by atoms with Crippen LogP contribution in [-0.2, 0) is 16.8 Å². The Bertz CT molecular complexity index is 578. The van der Waals surface area contributed by atoms with E-state index >= 15 is 0 Å². The van der Waals surface area contributed by atoms with E-state index < -0.39 is 22.9 Å². The SMILES string of the molecule is CN(Cc1cc(N)ccc1Cl)S(=O)(=O)NCC(F)(F)F. The molecule has 0 aliphatic carbocycles. The van der Waals surface area contributed by atoms with Crippen LogP contribution in [0.25, 0.3) is 0 Å². The first-order chi connectivity index (χ1) is 9.01. The van der Waals surface area contributed by atoms with Gasteiger partial charge in [0, 0.05) is 24.3 Å². The highest BCUT2D eigenvalue weighted by atomic mass is 35.5. The van der Waals surface area contributed by atoms with E-state index in [1.54, 1.807) is 0 Å². The highest BCUT2D eigenvalue weighted by Crippen LogP contribution is 2.21. The molecule has 0 heterocycles. The molecule has 0 aromatic heterocycles. The third-order valence-electron chi connectivity index (χ3n) is 2.33. The molecule has 20 heavy (non-hydrogen) atoms. The van der Waals surface area contributed by atoms with Crippen LogP contribution in [-0.4, -0.2) is 32.5 Å². The zero-order valence-corrected chi connectivity index (χ0v) is 12.0. The molecule has 1 aromatic rings. The molecule has 0 bridgehead atoms. The summed E-state index contributed by atoms with van der Waals surface area (Å²) in [6.07, 6.45) is -4.62. The van der Waals surface area contributed by atoms with E-state index in [0.29, 0.717) is 11.3 Å². The van der Waals surface area contributed by atoms with Gasteiger partial charge in [0.25, 0.3) is 10.2 Å². The van der Waals surface area contributed by atoms with Crippen LogP contribution in [0, 0.1) is 0 Å². The predicted molar refractivity (Wildman–Crippen MR) is 70.3 cm³/mol. The number of nitrogen functional groups attached to an aromatic ring is 1. The van der Waals surface area contributed by atoms with Gasteiger partial charge in [-0.2, -0.15) is 30.6 Å². The monoisotopic (exact) mass is 331 g/mol. The number of hydrogen-bond donors (Lipinski definition) is 2. The molecule has 1 aromatic carbocycles. The quantitative estimate of drug-likeness (QED) is 0.807. The lowest BCUT2D eigenvalue weighted by molar-refractivity contribution is -0.121. The molecule has 0 atom stereocenters. The fourth-order valence-electron chi connectivity index (χ4n) is 1.32. The van der Waals surface area contributed by atoms with E-state index in [9.17, 15) is 21.6 Å². The van der Waals surface area contributed by atoms with Crippen LogP contribution in [0.3, 0.4) is 0 Å². The van der Waals surface area contributed by atoms with Gasteiger partial charge in [-0.15, -0.1) is 0 Å². The van der Waals surface area contributed by atoms with E-state index in [4.69, 9.17) is 17.3 Å². The summed E-state index contributed by atoms with van der Waals surface area (Å²) in [6.45, 7) is -1.83. The van der Waals surface area contributed by atoms with Gasteiger partial charge in [0.15, 0.2) is 0 Å². The van der Waals surface area contributed by atoms with Crippen LogP contribution < -0.4 is 10.5 Å². The number of nitrogens with zero attached hydrogens (tertiary/aromatic N) is 1. The Hall–Kier alpha value is -1.03. The van der Waals surface area contributed by atoms with Gasteiger partial charge >= 0.3 is 6.18 Å². The molecular weight excluding hydrogens is 319 g/mol. The molecule has 0 saturated heterocycles. The van der Waals surface area contributed by atoms with Crippen molar-refractivity contribution in [1.82, 2.24) is 9.03 Å². The third-order valence-corrected chi connectivity index (χ3v) is 4.16. The van der Waals surface area contributed by atoms with Crippen LogP contribution in [0.5, 0.6) is 0 Å². The summed E-state index contributed by atoms with van der Waals surface area (Å²) >= 11 is 5.86. The van der Waals surface area contributed by atoms with Crippen molar-refractivity contribution in [3.8, 4) is 0 Å². The average Bonchev–Trinajstić information content (AvgIpc) is 2.30. The maximum absolute atomic E-state index is 12.0. The second kappa shape index (κ2) is 6.17. The van der Waals surface area contributed by atoms with Crippen molar-refractivity contribution < 1.29 is 21.6 Å². The number of alkyl halides is 3. The van der Waals surface area contributed by atoms with Gasteiger partial charge in [-0.05, 0) is 23.8 Å². The Balaban J connectivity index is 2.79. The molecule has 0 unspecified atom stereocenters. The average molecular weight is 332 g/mol. The summed E-state index contributed by atoms with van der Waals surface area (Å²) < 4.78 is 61.4. The van der Waals surface area contributed by atoms with Gasteiger partial charge in [0.1, 0.15) is 6.54 Å². The number of hydrogen-bond acceptors (Lipinski definition) is 3. The van der Waals surface area contributed by atoms with Gasteiger partial charge in [-0.3, -0.25) is 0 Å². The summed E-state index contributed by atoms with van der Waals surface area (Å²) in [6, 6.07) is 4.47. The zero-order valence-electron chi connectivity index (χ0n) is 10.4. The molecule has 0 aliphatic heterocycles. The van der Waals surface area contributed by atoms with E-state index in [-0.39, 0.29) is 11.6 Å². The predicted octanol–water partition coefficient (Wildman–Crippen LogP) is 1.75. The largest absolute Gasteiger partial charge is 0.402 e. The molecule has 3 N–H and O–H groups in total. The van der Waals surface area contributed by atoms with E-state index in [1.807, 2.05) is 0 Å². The molecule has 10 heteroatoms. The van der Waals surface area contributed by atoms with E-state index in [0.717, 1.165) is 11.4 Å².